The van der Waals surface area contributed by atoms with E-state index < -0.39 is 17.8 Å². The molecule has 1 aromatic heterocycles. The summed E-state index contributed by atoms with van der Waals surface area (Å²) >= 11 is 0. The van der Waals surface area contributed by atoms with E-state index in [1.165, 1.54) is 18.2 Å². The van der Waals surface area contributed by atoms with E-state index in [4.69, 9.17) is 0 Å². The Balaban J connectivity index is 1.65. The van der Waals surface area contributed by atoms with Gasteiger partial charge in [0.2, 0.25) is 5.91 Å². The molecule has 6 nitrogen and oxygen atoms in total. The molecule has 0 saturated carbocycles. The summed E-state index contributed by atoms with van der Waals surface area (Å²) in [4.78, 5) is 29.4. The molecular weight excluding hydrogens is 383 g/mol. The highest BCUT2D eigenvalue weighted by Gasteiger charge is 2.25. The van der Waals surface area contributed by atoms with Crippen molar-refractivity contribution in [2.24, 2.45) is 5.92 Å². The first kappa shape index (κ1) is 21.2. The maximum absolute atomic E-state index is 13.9. The van der Waals surface area contributed by atoms with Crippen LogP contribution >= 0.6 is 0 Å². The van der Waals surface area contributed by atoms with E-state index in [2.05, 4.69) is 15.6 Å². The number of hydrogen-bond donors (Lipinski definition) is 2. The molecule has 7 heteroatoms. The van der Waals surface area contributed by atoms with E-state index in [-0.39, 0.29) is 17.4 Å². The molecule has 0 aliphatic carbocycles. The minimum Gasteiger partial charge on any atom is -0.340 e. The lowest BCUT2D eigenvalue weighted by Gasteiger charge is -2.22. The standard InChI is InChI=1S/C23H25FN4O2/c1-15(2)21(27-22(29)19-6-4-5-7-20(19)24)23(30)26-18-10-8-17(9-11-18)14-28-13-12-25-16(28)3/h4-13,15,21H,14H2,1-3H3,(H,26,30)(H,27,29). The van der Waals surface area contributed by atoms with Gasteiger partial charge >= 0.3 is 0 Å². The number of nitrogens with zero attached hydrogens (tertiary/aromatic N) is 2. The van der Waals surface area contributed by atoms with Gasteiger partial charge < -0.3 is 15.2 Å². The van der Waals surface area contributed by atoms with Gasteiger partial charge in [-0.05, 0) is 42.7 Å². The van der Waals surface area contributed by atoms with Crippen molar-refractivity contribution in [1.82, 2.24) is 14.9 Å². The third-order valence-corrected chi connectivity index (χ3v) is 4.85. The number of imidazole rings is 1. The number of hydrogen-bond acceptors (Lipinski definition) is 3. The zero-order valence-electron chi connectivity index (χ0n) is 17.2. The molecule has 0 saturated heterocycles. The van der Waals surface area contributed by atoms with Crippen LogP contribution in [0, 0.1) is 18.7 Å². The number of anilines is 1. The average Bonchev–Trinajstić information content (AvgIpc) is 3.12. The lowest BCUT2D eigenvalue weighted by molar-refractivity contribution is -0.118. The first-order valence-electron chi connectivity index (χ1n) is 9.78. The predicted octanol–water partition coefficient (Wildman–Crippen LogP) is 3.77. The number of amides is 2. The van der Waals surface area contributed by atoms with Gasteiger partial charge in [-0.1, -0.05) is 38.1 Å². The van der Waals surface area contributed by atoms with E-state index in [0.717, 1.165) is 11.4 Å². The first-order chi connectivity index (χ1) is 14.3. The van der Waals surface area contributed by atoms with Crippen LogP contribution in [0.3, 0.4) is 0 Å². The number of rotatable bonds is 7. The van der Waals surface area contributed by atoms with Crippen LogP contribution in [0.4, 0.5) is 10.1 Å². The van der Waals surface area contributed by atoms with Gasteiger partial charge in [0.1, 0.15) is 17.7 Å². The van der Waals surface area contributed by atoms with Crippen molar-refractivity contribution >= 4 is 17.5 Å². The van der Waals surface area contributed by atoms with Crippen molar-refractivity contribution < 1.29 is 14.0 Å². The fourth-order valence-corrected chi connectivity index (χ4v) is 3.08. The maximum atomic E-state index is 13.9. The van der Waals surface area contributed by atoms with E-state index in [1.54, 1.807) is 12.3 Å². The Bertz CT molecular complexity index is 1030. The third-order valence-electron chi connectivity index (χ3n) is 4.85. The molecule has 0 aliphatic heterocycles. The number of benzene rings is 2. The summed E-state index contributed by atoms with van der Waals surface area (Å²) in [5, 5.41) is 5.47. The second-order valence-electron chi connectivity index (χ2n) is 7.46. The summed E-state index contributed by atoms with van der Waals surface area (Å²) in [6.45, 7) is 6.27. The molecule has 3 aromatic rings. The predicted molar refractivity (Wildman–Crippen MR) is 114 cm³/mol. The van der Waals surface area contributed by atoms with Gasteiger partial charge in [-0.25, -0.2) is 9.37 Å². The molecule has 0 bridgehead atoms. The minimum absolute atomic E-state index is 0.0879. The van der Waals surface area contributed by atoms with Crippen LogP contribution in [0.15, 0.2) is 60.9 Å². The number of aromatic nitrogens is 2. The number of aryl methyl sites for hydroxylation is 1. The Hall–Kier alpha value is -3.48. The largest absolute Gasteiger partial charge is 0.340 e. The third kappa shape index (κ3) is 5.11. The number of carbonyl (C=O) groups is 2. The minimum atomic E-state index is -0.801. The highest BCUT2D eigenvalue weighted by atomic mass is 19.1. The van der Waals surface area contributed by atoms with E-state index in [1.807, 2.05) is 55.8 Å². The normalized spacial score (nSPS) is 11.9. The Labute approximate surface area is 175 Å². The zero-order chi connectivity index (χ0) is 21.7. The first-order valence-corrected chi connectivity index (χ1v) is 9.78. The summed E-state index contributed by atoms with van der Waals surface area (Å²) < 4.78 is 15.9. The monoisotopic (exact) mass is 408 g/mol. The molecule has 0 spiro atoms. The Kier molecular flexibility index (Phi) is 6.61. The van der Waals surface area contributed by atoms with Gasteiger partial charge in [0.05, 0.1) is 5.56 Å². The number of halogens is 1. The Morgan fingerprint density at radius 3 is 2.40 bits per heavy atom. The van der Waals surface area contributed by atoms with Gasteiger partial charge in [-0.3, -0.25) is 9.59 Å². The van der Waals surface area contributed by atoms with Crippen molar-refractivity contribution in [3.63, 3.8) is 0 Å². The van der Waals surface area contributed by atoms with Crippen molar-refractivity contribution in [3.8, 4) is 0 Å². The molecule has 3 rings (SSSR count). The molecule has 1 unspecified atom stereocenters. The van der Waals surface area contributed by atoms with Gasteiger partial charge in [-0.2, -0.15) is 0 Å². The van der Waals surface area contributed by atoms with E-state index in [0.29, 0.717) is 12.2 Å². The highest BCUT2D eigenvalue weighted by Crippen LogP contribution is 2.14. The van der Waals surface area contributed by atoms with Crippen LogP contribution in [0.5, 0.6) is 0 Å². The zero-order valence-corrected chi connectivity index (χ0v) is 17.2. The topological polar surface area (TPSA) is 76.0 Å². The molecule has 1 heterocycles. The lowest BCUT2D eigenvalue weighted by atomic mass is 10.0. The summed E-state index contributed by atoms with van der Waals surface area (Å²) in [6, 6.07) is 12.4. The van der Waals surface area contributed by atoms with Crippen molar-refractivity contribution in [2.45, 2.75) is 33.4 Å². The Morgan fingerprint density at radius 2 is 1.80 bits per heavy atom. The molecular formula is C23H25FN4O2. The van der Waals surface area contributed by atoms with Crippen LogP contribution in [0.25, 0.3) is 0 Å². The van der Waals surface area contributed by atoms with Gasteiger partial charge in [0.25, 0.3) is 5.91 Å². The van der Waals surface area contributed by atoms with Crippen LogP contribution in [0.2, 0.25) is 0 Å². The fourth-order valence-electron chi connectivity index (χ4n) is 3.08. The Morgan fingerprint density at radius 1 is 1.10 bits per heavy atom. The number of nitrogens with one attached hydrogen (secondary N) is 2. The molecule has 156 valence electrons. The molecule has 1 atom stereocenters. The molecule has 0 radical (unpaired) electrons. The van der Waals surface area contributed by atoms with Crippen molar-refractivity contribution in [1.29, 1.82) is 0 Å². The summed E-state index contributed by atoms with van der Waals surface area (Å²) in [7, 11) is 0. The van der Waals surface area contributed by atoms with Gasteiger partial charge in [0, 0.05) is 24.6 Å². The number of carbonyl (C=O) groups excluding carboxylic acids is 2. The SMILES string of the molecule is Cc1nccn1Cc1ccc(NC(=O)C(NC(=O)c2ccccc2F)C(C)C)cc1. The van der Waals surface area contributed by atoms with Crippen LogP contribution in [0.1, 0.15) is 35.6 Å². The van der Waals surface area contributed by atoms with Crippen molar-refractivity contribution in [3.05, 3.63) is 83.7 Å². The van der Waals surface area contributed by atoms with Gasteiger partial charge in [0.15, 0.2) is 0 Å². The van der Waals surface area contributed by atoms with Crippen LogP contribution < -0.4 is 10.6 Å². The van der Waals surface area contributed by atoms with Gasteiger partial charge in [-0.15, -0.1) is 0 Å². The highest BCUT2D eigenvalue weighted by molar-refractivity contribution is 6.01. The maximum Gasteiger partial charge on any atom is 0.254 e. The molecule has 2 amide bonds. The van der Waals surface area contributed by atoms with E-state index in [9.17, 15) is 14.0 Å². The molecule has 0 aliphatic rings. The van der Waals surface area contributed by atoms with E-state index >= 15 is 0 Å². The summed E-state index contributed by atoms with van der Waals surface area (Å²) in [5.74, 6) is -0.843. The molecule has 2 N–H and O–H groups in total. The molecule has 2 aromatic carbocycles. The smallest absolute Gasteiger partial charge is 0.254 e. The molecule has 0 fully saturated rings. The lowest BCUT2D eigenvalue weighted by Crippen LogP contribution is -2.47. The second-order valence-corrected chi connectivity index (χ2v) is 7.46. The average molecular weight is 408 g/mol. The fraction of sp³-hybridized carbons (Fsp3) is 0.261. The summed E-state index contributed by atoms with van der Waals surface area (Å²) in [6.07, 6.45) is 3.67. The summed E-state index contributed by atoms with van der Waals surface area (Å²) in [5.41, 5.74) is 1.61. The quantitative estimate of drug-likeness (QED) is 0.625. The van der Waals surface area contributed by atoms with Crippen molar-refractivity contribution in [2.75, 3.05) is 5.32 Å². The van der Waals surface area contributed by atoms with Crippen LogP contribution in [-0.4, -0.2) is 27.4 Å². The molecule has 30 heavy (non-hydrogen) atoms. The second kappa shape index (κ2) is 9.35. The van der Waals surface area contributed by atoms with Crippen LogP contribution in [-0.2, 0) is 11.3 Å².